The van der Waals surface area contributed by atoms with Crippen molar-refractivity contribution in [3.8, 4) is 11.4 Å². The highest BCUT2D eigenvalue weighted by atomic mass is 16.2. The van der Waals surface area contributed by atoms with Crippen LogP contribution in [-0.2, 0) is 11.2 Å². The number of nitrogens with one attached hydrogen (secondary N) is 2. The number of rotatable bonds is 4. The quantitative estimate of drug-likeness (QED) is 0.911. The standard InChI is InChI=1S/C17H19N3O2/c1-3-12-9-15(21)20-16(18-12)11-5-4-6-13(8-11)19-17(22)14-7-10(14)2/h4-6,8-10,14H,3,7H2,1-2H3,(H,19,22)(H,18,20,21)/t10-,14+/m0/s1. The maximum absolute atomic E-state index is 12.0. The molecule has 1 aliphatic rings. The van der Waals surface area contributed by atoms with Gasteiger partial charge in [-0.25, -0.2) is 4.98 Å². The number of anilines is 1. The average molecular weight is 297 g/mol. The van der Waals surface area contributed by atoms with E-state index in [1.165, 1.54) is 6.07 Å². The van der Waals surface area contributed by atoms with Crippen LogP contribution >= 0.6 is 0 Å². The van der Waals surface area contributed by atoms with Gasteiger partial charge < -0.3 is 10.3 Å². The van der Waals surface area contributed by atoms with Crippen molar-refractivity contribution in [2.75, 3.05) is 5.32 Å². The van der Waals surface area contributed by atoms with Gasteiger partial charge in [0.1, 0.15) is 5.82 Å². The summed E-state index contributed by atoms with van der Waals surface area (Å²) in [6, 6.07) is 8.90. The Morgan fingerprint density at radius 3 is 2.86 bits per heavy atom. The zero-order valence-electron chi connectivity index (χ0n) is 12.7. The number of hydrogen-bond acceptors (Lipinski definition) is 3. The van der Waals surface area contributed by atoms with Crippen LogP contribution in [0, 0.1) is 11.8 Å². The monoisotopic (exact) mass is 297 g/mol. The van der Waals surface area contributed by atoms with Crippen molar-refractivity contribution in [3.05, 3.63) is 46.4 Å². The fourth-order valence-corrected chi connectivity index (χ4v) is 2.49. The maximum Gasteiger partial charge on any atom is 0.251 e. The number of aromatic nitrogens is 2. The molecule has 0 spiro atoms. The molecule has 2 atom stereocenters. The summed E-state index contributed by atoms with van der Waals surface area (Å²) in [6.07, 6.45) is 1.66. The second-order valence-electron chi connectivity index (χ2n) is 5.83. The van der Waals surface area contributed by atoms with E-state index in [0.29, 0.717) is 18.2 Å². The average Bonchev–Trinajstić information content (AvgIpc) is 3.24. The molecule has 1 aliphatic carbocycles. The third-order valence-corrected chi connectivity index (χ3v) is 4.01. The molecular formula is C17H19N3O2. The lowest BCUT2D eigenvalue weighted by molar-refractivity contribution is -0.117. The summed E-state index contributed by atoms with van der Waals surface area (Å²) < 4.78 is 0. The molecule has 5 nitrogen and oxygen atoms in total. The van der Waals surface area contributed by atoms with Gasteiger partial charge in [-0.05, 0) is 30.9 Å². The third kappa shape index (κ3) is 3.08. The fourth-order valence-electron chi connectivity index (χ4n) is 2.49. The van der Waals surface area contributed by atoms with Crippen LogP contribution in [-0.4, -0.2) is 15.9 Å². The van der Waals surface area contributed by atoms with Gasteiger partial charge in [-0.1, -0.05) is 26.0 Å². The van der Waals surface area contributed by atoms with Gasteiger partial charge in [0.15, 0.2) is 0 Å². The second kappa shape index (κ2) is 5.75. The lowest BCUT2D eigenvalue weighted by atomic mass is 10.1. The number of aromatic amines is 1. The molecule has 1 heterocycles. The number of hydrogen-bond donors (Lipinski definition) is 2. The number of aryl methyl sites for hydroxylation is 1. The second-order valence-corrected chi connectivity index (χ2v) is 5.83. The first-order valence-corrected chi connectivity index (χ1v) is 7.58. The summed E-state index contributed by atoms with van der Waals surface area (Å²) in [5, 5.41) is 2.93. The highest BCUT2D eigenvalue weighted by Crippen LogP contribution is 2.38. The van der Waals surface area contributed by atoms with E-state index in [0.717, 1.165) is 23.4 Å². The van der Waals surface area contributed by atoms with E-state index in [1.807, 2.05) is 31.2 Å². The van der Waals surface area contributed by atoms with Gasteiger partial charge in [-0.2, -0.15) is 0 Å². The van der Waals surface area contributed by atoms with Crippen molar-refractivity contribution >= 4 is 11.6 Å². The van der Waals surface area contributed by atoms with E-state index < -0.39 is 0 Å². The molecule has 114 valence electrons. The Morgan fingerprint density at radius 1 is 1.41 bits per heavy atom. The normalized spacial score (nSPS) is 19.7. The lowest BCUT2D eigenvalue weighted by Gasteiger charge is -2.07. The van der Waals surface area contributed by atoms with Crippen LogP contribution in [0.25, 0.3) is 11.4 Å². The number of carbonyl (C=O) groups is 1. The van der Waals surface area contributed by atoms with Gasteiger partial charge in [0.2, 0.25) is 5.91 Å². The Morgan fingerprint density at radius 2 is 2.18 bits per heavy atom. The highest BCUT2D eigenvalue weighted by molar-refractivity contribution is 5.94. The minimum Gasteiger partial charge on any atom is -0.326 e. The molecule has 22 heavy (non-hydrogen) atoms. The van der Waals surface area contributed by atoms with Crippen molar-refractivity contribution < 1.29 is 4.79 Å². The fraction of sp³-hybridized carbons (Fsp3) is 0.353. The highest BCUT2D eigenvalue weighted by Gasteiger charge is 2.39. The lowest BCUT2D eigenvalue weighted by Crippen LogP contribution is -2.14. The first-order valence-electron chi connectivity index (χ1n) is 7.58. The number of benzene rings is 1. The number of carbonyl (C=O) groups excluding carboxylic acids is 1. The SMILES string of the molecule is CCc1cc(=O)[nH]c(-c2cccc(NC(=O)[C@@H]3C[C@@H]3C)c2)n1. The Bertz CT molecular complexity index is 766. The molecule has 0 saturated heterocycles. The molecule has 1 saturated carbocycles. The van der Waals surface area contributed by atoms with E-state index in [-0.39, 0.29) is 17.4 Å². The molecule has 0 radical (unpaired) electrons. The molecule has 0 bridgehead atoms. The summed E-state index contributed by atoms with van der Waals surface area (Å²) in [5.41, 5.74) is 2.10. The van der Waals surface area contributed by atoms with Gasteiger partial charge in [0, 0.05) is 28.9 Å². The van der Waals surface area contributed by atoms with E-state index in [1.54, 1.807) is 0 Å². The molecule has 2 N–H and O–H groups in total. The summed E-state index contributed by atoms with van der Waals surface area (Å²) in [4.78, 5) is 30.9. The van der Waals surface area contributed by atoms with Gasteiger partial charge in [-0.3, -0.25) is 9.59 Å². The first-order chi connectivity index (χ1) is 10.6. The molecule has 5 heteroatoms. The predicted molar refractivity (Wildman–Crippen MR) is 85.6 cm³/mol. The zero-order chi connectivity index (χ0) is 15.7. The van der Waals surface area contributed by atoms with E-state index in [9.17, 15) is 9.59 Å². The molecule has 0 aliphatic heterocycles. The molecule has 1 fully saturated rings. The first kappa shape index (κ1) is 14.5. The van der Waals surface area contributed by atoms with Crippen LogP contribution in [0.4, 0.5) is 5.69 Å². The molecular weight excluding hydrogens is 278 g/mol. The Balaban J connectivity index is 1.86. The molecule has 1 amide bonds. The van der Waals surface area contributed by atoms with Crippen molar-refractivity contribution in [1.82, 2.24) is 9.97 Å². The van der Waals surface area contributed by atoms with Crippen LogP contribution < -0.4 is 10.9 Å². The minimum atomic E-state index is -0.164. The molecule has 0 unspecified atom stereocenters. The van der Waals surface area contributed by atoms with E-state index >= 15 is 0 Å². The van der Waals surface area contributed by atoms with Crippen LogP contribution in [0.1, 0.15) is 26.0 Å². The Hall–Kier alpha value is -2.43. The topological polar surface area (TPSA) is 74.8 Å². The number of amides is 1. The predicted octanol–water partition coefficient (Wildman–Crippen LogP) is 2.59. The third-order valence-electron chi connectivity index (χ3n) is 4.01. The summed E-state index contributed by atoms with van der Waals surface area (Å²) in [6.45, 7) is 4.03. The minimum absolute atomic E-state index is 0.0633. The van der Waals surface area contributed by atoms with Gasteiger partial charge in [0.05, 0.1) is 0 Å². The van der Waals surface area contributed by atoms with Crippen molar-refractivity contribution in [2.24, 2.45) is 11.8 Å². The summed E-state index contributed by atoms with van der Waals surface area (Å²) in [5.74, 6) is 1.20. The summed E-state index contributed by atoms with van der Waals surface area (Å²) >= 11 is 0. The van der Waals surface area contributed by atoms with Gasteiger partial charge in [-0.15, -0.1) is 0 Å². The Kier molecular flexibility index (Phi) is 3.79. The van der Waals surface area contributed by atoms with Gasteiger partial charge in [0.25, 0.3) is 5.56 Å². The van der Waals surface area contributed by atoms with E-state index in [4.69, 9.17) is 0 Å². The molecule has 1 aromatic carbocycles. The van der Waals surface area contributed by atoms with E-state index in [2.05, 4.69) is 22.2 Å². The van der Waals surface area contributed by atoms with Crippen LogP contribution in [0.5, 0.6) is 0 Å². The number of H-pyrrole nitrogens is 1. The Labute approximate surface area is 128 Å². The maximum atomic E-state index is 12.0. The van der Waals surface area contributed by atoms with Crippen molar-refractivity contribution in [2.45, 2.75) is 26.7 Å². The number of nitrogens with zero attached hydrogens (tertiary/aromatic N) is 1. The summed E-state index contributed by atoms with van der Waals surface area (Å²) in [7, 11) is 0. The van der Waals surface area contributed by atoms with Crippen molar-refractivity contribution in [1.29, 1.82) is 0 Å². The van der Waals surface area contributed by atoms with Crippen LogP contribution in [0.2, 0.25) is 0 Å². The van der Waals surface area contributed by atoms with Gasteiger partial charge >= 0.3 is 0 Å². The van der Waals surface area contributed by atoms with Crippen LogP contribution in [0.15, 0.2) is 35.1 Å². The van der Waals surface area contributed by atoms with Crippen LogP contribution in [0.3, 0.4) is 0 Å². The molecule has 2 aromatic rings. The largest absolute Gasteiger partial charge is 0.326 e. The van der Waals surface area contributed by atoms with Crippen molar-refractivity contribution in [3.63, 3.8) is 0 Å². The molecule has 1 aromatic heterocycles. The zero-order valence-corrected chi connectivity index (χ0v) is 12.7. The smallest absolute Gasteiger partial charge is 0.251 e. The molecule has 3 rings (SSSR count).